The minimum Gasteiger partial charge on any atom is -0.366 e. The molecule has 1 aliphatic carbocycles. The van der Waals surface area contributed by atoms with Crippen LogP contribution in [-0.4, -0.2) is 26.2 Å². The topological polar surface area (TPSA) is 66.5 Å². The number of aromatic amines is 1. The second-order valence-electron chi connectivity index (χ2n) is 4.18. The predicted octanol–water partition coefficient (Wildman–Crippen LogP) is 1.82. The van der Waals surface area contributed by atoms with Crippen LogP contribution < -0.4 is 5.32 Å². The van der Waals surface area contributed by atoms with Gasteiger partial charge in [-0.2, -0.15) is 5.10 Å². The van der Waals surface area contributed by atoms with Gasteiger partial charge in [-0.3, -0.25) is 5.10 Å². The molecule has 0 saturated heterocycles. The van der Waals surface area contributed by atoms with Crippen molar-refractivity contribution in [2.75, 3.05) is 5.32 Å². The van der Waals surface area contributed by atoms with E-state index in [-0.39, 0.29) is 0 Å². The number of rotatable bonds is 2. The minimum atomic E-state index is 0.354. The highest BCUT2D eigenvalue weighted by molar-refractivity contribution is 6.32. The molecule has 1 atom stereocenters. The van der Waals surface area contributed by atoms with E-state index in [1.807, 2.05) is 6.20 Å². The van der Waals surface area contributed by atoms with Gasteiger partial charge in [0.25, 0.3) is 0 Å². The maximum absolute atomic E-state index is 6.02. The van der Waals surface area contributed by atoms with Crippen molar-refractivity contribution in [3.8, 4) is 0 Å². The van der Waals surface area contributed by atoms with Gasteiger partial charge < -0.3 is 5.32 Å². The van der Waals surface area contributed by atoms with Crippen LogP contribution in [-0.2, 0) is 12.8 Å². The lowest BCUT2D eigenvalue weighted by Crippen LogP contribution is -2.27. The van der Waals surface area contributed by atoms with E-state index in [9.17, 15) is 0 Å². The van der Waals surface area contributed by atoms with Gasteiger partial charge >= 0.3 is 0 Å². The van der Waals surface area contributed by atoms with Crippen molar-refractivity contribution < 1.29 is 0 Å². The number of H-pyrrole nitrogens is 1. The average molecular weight is 250 g/mol. The molecule has 88 valence electrons. The smallest absolute Gasteiger partial charge is 0.148 e. The summed E-state index contributed by atoms with van der Waals surface area (Å²) < 4.78 is 0. The van der Waals surface area contributed by atoms with Crippen molar-refractivity contribution in [1.82, 2.24) is 20.2 Å². The summed E-state index contributed by atoms with van der Waals surface area (Å²) in [6.45, 7) is 0. The molecule has 0 bridgehead atoms. The number of hydrogen-bond acceptors (Lipinski definition) is 4. The van der Waals surface area contributed by atoms with Crippen LogP contribution >= 0.6 is 11.6 Å². The molecule has 0 radical (unpaired) electrons. The van der Waals surface area contributed by atoms with Crippen LogP contribution in [0.1, 0.15) is 17.7 Å². The second-order valence-corrected chi connectivity index (χ2v) is 4.58. The Kier molecular flexibility index (Phi) is 2.68. The third-order valence-electron chi connectivity index (χ3n) is 3.03. The fourth-order valence-corrected chi connectivity index (χ4v) is 2.31. The lowest BCUT2D eigenvalue weighted by atomic mass is 9.93. The molecule has 2 N–H and O–H groups in total. The van der Waals surface area contributed by atoms with Gasteiger partial charge in [-0.05, 0) is 24.8 Å². The average Bonchev–Trinajstić information content (AvgIpc) is 2.79. The maximum atomic E-state index is 6.02. The number of aryl methyl sites for hydroxylation is 1. The number of aromatic nitrogens is 4. The lowest BCUT2D eigenvalue weighted by molar-refractivity contribution is 0.602. The van der Waals surface area contributed by atoms with Crippen molar-refractivity contribution >= 4 is 17.4 Å². The first-order valence-electron chi connectivity index (χ1n) is 5.56. The molecule has 2 aromatic heterocycles. The van der Waals surface area contributed by atoms with Gasteiger partial charge in [0, 0.05) is 11.7 Å². The number of nitrogens with one attached hydrogen (secondary N) is 2. The van der Waals surface area contributed by atoms with Gasteiger partial charge in [0.05, 0.1) is 12.4 Å². The SMILES string of the molecule is Clc1cncnc1NC1CCc2[nH]ncc2C1. The predicted molar refractivity (Wildman–Crippen MR) is 65.1 cm³/mol. The summed E-state index contributed by atoms with van der Waals surface area (Å²) in [5.41, 5.74) is 2.52. The van der Waals surface area contributed by atoms with Gasteiger partial charge in [-0.25, -0.2) is 9.97 Å². The Morgan fingerprint density at radius 3 is 3.24 bits per heavy atom. The normalized spacial score (nSPS) is 18.8. The fraction of sp³-hybridized carbons (Fsp3) is 0.364. The molecule has 2 heterocycles. The molecule has 0 spiro atoms. The monoisotopic (exact) mass is 249 g/mol. The van der Waals surface area contributed by atoms with Crippen molar-refractivity contribution in [2.45, 2.75) is 25.3 Å². The first-order valence-corrected chi connectivity index (χ1v) is 5.94. The van der Waals surface area contributed by atoms with Crippen molar-refractivity contribution in [3.63, 3.8) is 0 Å². The number of fused-ring (bicyclic) bond motifs is 1. The second kappa shape index (κ2) is 4.33. The molecule has 6 heteroatoms. The first kappa shape index (κ1) is 10.5. The van der Waals surface area contributed by atoms with Crippen LogP contribution in [0.25, 0.3) is 0 Å². The zero-order valence-corrected chi connectivity index (χ0v) is 9.91. The molecule has 0 amide bonds. The molecule has 5 nitrogen and oxygen atoms in total. The van der Waals surface area contributed by atoms with Gasteiger partial charge in [0.1, 0.15) is 17.2 Å². The van der Waals surface area contributed by atoms with Crippen LogP contribution in [0, 0.1) is 0 Å². The van der Waals surface area contributed by atoms with Crippen LogP contribution in [0.5, 0.6) is 0 Å². The van der Waals surface area contributed by atoms with E-state index in [0.29, 0.717) is 16.9 Å². The number of nitrogens with zero attached hydrogens (tertiary/aromatic N) is 3. The highest BCUT2D eigenvalue weighted by Gasteiger charge is 2.20. The molecular weight excluding hydrogens is 238 g/mol. The number of hydrogen-bond donors (Lipinski definition) is 2. The summed E-state index contributed by atoms with van der Waals surface area (Å²) in [6.07, 6.45) is 8.01. The maximum Gasteiger partial charge on any atom is 0.148 e. The molecule has 2 aromatic rings. The molecule has 1 aliphatic rings. The zero-order chi connectivity index (χ0) is 11.7. The minimum absolute atomic E-state index is 0.354. The third kappa shape index (κ3) is 2.10. The Labute approximate surface area is 104 Å². The van der Waals surface area contributed by atoms with Crippen molar-refractivity contribution in [3.05, 3.63) is 35.0 Å². The Morgan fingerprint density at radius 2 is 2.35 bits per heavy atom. The Bertz CT molecular complexity index is 524. The van der Waals surface area contributed by atoms with E-state index in [0.717, 1.165) is 19.3 Å². The molecule has 3 rings (SSSR count). The Morgan fingerprint density at radius 1 is 1.41 bits per heavy atom. The highest BCUT2D eigenvalue weighted by atomic mass is 35.5. The third-order valence-corrected chi connectivity index (χ3v) is 3.30. The van der Waals surface area contributed by atoms with Gasteiger partial charge in [0.2, 0.25) is 0 Å². The summed E-state index contributed by atoms with van der Waals surface area (Å²) in [4.78, 5) is 8.01. The van der Waals surface area contributed by atoms with Crippen LogP contribution in [0.15, 0.2) is 18.7 Å². The molecule has 17 heavy (non-hydrogen) atoms. The van der Waals surface area contributed by atoms with Crippen LogP contribution in [0.4, 0.5) is 5.82 Å². The van der Waals surface area contributed by atoms with E-state index in [4.69, 9.17) is 11.6 Å². The molecular formula is C11H12ClN5. The van der Waals surface area contributed by atoms with Gasteiger partial charge in [-0.15, -0.1) is 0 Å². The zero-order valence-electron chi connectivity index (χ0n) is 9.15. The molecule has 0 aliphatic heterocycles. The summed E-state index contributed by atoms with van der Waals surface area (Å²) in [7, 11) is 0. The van der Waals surface area contributed by atoms with E-state index < -0.39 is 0 Å². The van der Waals surface area contributed by atoms with E-state index in [1.165, 1.54) is 17.6 Å². The van der Waals surface area contributed by atoms with Crippen molar-refractivity contribution in [2.24, 2.45) is 0 Å². The van der Waals surface area contributed by atoms with Gasteiger partial charge in [0.15, 0.2) is 0 Å². The summed E-state index contributed by atoms with van der Waals surface area (Å²) in [5, 5.41) is 11.0. The number of halogens is 1. The van der Waals surface area contributed by atoms with Crippen molar-refractivity contribution in [1.29, 1.82) is 0 Å². The largest absolute Gasteiger partial charge is 0.366 e. The van der Waals surface area contributed by atoms with Gasteiger partial charge in [-0.1, -0.05) is 11.6 Å². The first-order chi connectivity index (χ1) is 8.33. The van der Waals surface area contributed by atoms with E-state index >= 15 is 0 Å². The molecule has 0 saturated carbocycles. The quantitative estimate of drug-likeness (QED) is 0.852. The van der Waals surface area contributed by atoms with Crippen LogP contribution in [0.3, 0.4) is 0 Å². The summed E-state index contributed by atoms with van der Waals surface area (Å²) >= 11 is 6.02. The van der Waals surface area contributed by atoms with E-state index in [2.05, 4.69) is 25.5 Å². The lowest BCUT2D eigenvalue weighted by Gasteiger charge is -2.23. The van der Waals surface area contributed by atoms with Crippen LogP contribution in [0.2, 0.25) is 5.02 Å². The molecule has 0 fully saturated rings. The number of anilines is 1. The van der Waals surface area contributed by atoms with E-state index in [1.54, 1.807) is 6.20 Å². The Balaban J connectivity index is 1.74. The fourth-order valence-electron chi connectivity index (χ4n) is 2.15. The highest BCUT2D eigenvalue weighted by Crippen LogP contribution is 2.24. The standard InChI is InChI=1S/C11H12ClN5/c12-9-5-13-6-14-11(9)16-8-1-2-10-7(3-8)4-15-17-10/h4-6,8H,1-3H2,(H,15,17)(H,13,14,16). The molecule has 1 unspecified atom stereocenters. The summed E-state index contributed by atoms with van der Waals surface area (Å²) in [6, 6.07) is 0.354. The molecule has 0 aromatic carbocycles. The Hall–Kier alpha value is -1.62. The summed E-state index contributed by atoms with van der Waals surface area (Å²) in [5.74, 6) is 0.707.